The van der Waals surface area contributed by atoms with Crippen LogP contribution < -0.4 is 0 Å². The van der Waals surface area contributed by atoms with E-state index in [0.717, 1.165) is 25.9 Å². The molecular weight excluding hydrogens is 206 g/mol. The first-order chi connectivity index (χ1) is 7.34. The van der Waals surface area contributed by atoms with E-state index in [1.54, 1.807) is 4.90 Å². The molecule has 0 aliphatic carbocycles. The molecule has 0 saturated carbocycles. The van der Waals surface area contributed by atoms with Crippen LogP contribution in [0.1, 0.15) is 40.0 Å². The average molecular weight is 227 g/mol. The number of rotatable bonds is 0. The van der Waals surface area contributed by atoms with Gasteiger partial charge in [0.1, 0.15) is 0 Å². The van der Waals surface area contributed by atoms with E-state index in [2.05, 4.69) is 13.8 Å². The first-order valence-corrected chi connectivity index (χ1v) is 5.97. The van der Waals surface area contributed by atoms with Gasteiger partial charge in [-0.1, -0.05) is 0 Å². The van der Waals surface area contributed by atoms with Gasteiger partial charge >= 0.3 is 6.09 Å². The van der Waals surface area contributed by atoms with Crippen molar-refractivity contribution in [3.8, 4) is 0 Å². The summed E-state index contributed by atoms with van der Waals surface area (Å²) in [4.78, 5) is 12.5. The molecule has 0 aromatic rings. The average Bonchev–Trinajstić information content (AvgIpc) is 2.41. The smallest absolute Gasteiger partial charge is 0.407 e. The van der Waals surface area contributed by atoms with Gasteiger partial charge in [-0.3, -0.25) is 0 Å². The van der Waals surface area contributed by atoms with Gasteiger partial charge in [0.25, 0.3) is 0 Å². The molecule has 4 heteroatoms. The van der Waals surface area contributed by atoms with Crippen molar-refractivity contribution in [2.24, 2.45) is 5.41 Å². The van der Waals surface area contributed by atoms with Gasteiger partial charge in [0, 0.05) is 18.0 Å². The topological polar surface area (TPSA) is 49.8 Å². The Bertz CT molecular complexity index is 303. The molecule has 1 spiro atoms. The molecule has 2 aliphatic heterocycles. The van der Waals surface area contributed by atoms with Crippen molar-refractivity contribution >= 4 is 6.09 Å². The number of hydrogen-bond acceptors (Lipinski definition) is 2. The number of likely N-dealkylation sites (tertiary alicyclic amines) is 1. The van der Waals surface area contributed by atoms with E-state index in [1.165, 1.54) is 0 Å². The zero-order valence-corrected chi connectivity index (χ0v) is 10.3. The van der Waals surface area contributed by atoms with Crippen molar-refractivity contribution in [2.75, 3.05) is 13.2 Å². The lowest BCUT2D eigenvalue weighted by atomic mass is 9.72. The number of piperidine rings is 1. The minimum atomic E-state index is -0.791. The van der Waals surface area contributed by atoms with Crippen LogP contribution in [-0.2, 0) is 4.74 Å². The lowest BCUT2D eigenvalue weighted by Gasteiger charge is -2.42. The van der Waals surface area contributed by atoms with Crippen LogP contribution in [0.3, 0.4) is 0 Å². The standard InChI is InChI=1S/C12H21NO3/c1-9-6-12(4-5-13(9)10(14)15)7-11(2,3)16-8-12/h9H,4-8H2,1-3H3,(H,14,15)/t9-,12-/m1/s1. The summed E-state index contributed by atoms with van der Waals surface area (Å²) in [5.74, 6) is 0. The van der Waals surface area contributed by atoms with E-state index in [0.29, 0.717) is 6.54 Å². The second-order valence-corrected chi connectivity index (χ2v) is 6.00. The van der Waals surface area contributed by atoms with Crippen molar-refractivity contribution in [1.82, 2.24) is 4.90 Å². The summed E-state index contributed by atoms with van der Waals surface area (Å²) >= 11 is 0. The lowest BCUT2D eigenvalue weighted by Crippen LogP contribution is -2.48. The van der Waals surface area contributed by atoms with Crippen LogP contribution in [0.2, 0.25) is 0 Å². The maximum atomic E-state index is 11.0. The minimum Gasteiger partial charge on any atom is -0.465 e. The molecule has 2 aliphatic rings. The Morgan fingerprint density at radius 2 is 2.19 bits per heavy atom. The fourth-order valence-corrected chi connectivity index (χ4v) is 3.35. The molecule has 1 amide bonds. The lowest BCUT2D eigenvalue weighted by molar-refractivity contribution is 0.0185. The Kier molecular flexibility index (Phi) is 2.65. The van der Waals surface area contributed by atoms with Crippen LogP contribution >= 0.6 is 0 Å². The summed E-state index contributed by atoms with van der Waals surface area (Å²) in [5.41, 5.74) is 0.181. The molecule has 2 fully saturated rings. The van der Waals surface area contributed by atoms with Gasteiger partial charge in [-0.15, -0.1) is 0 Å². The first kappa shape index (κ1) is 11.7. The monoisotopic (exact) mass is 227 g/mol. The van der Waals surface area contributed by atoms with Crippen molar-refractivity contribution in [1.29, 1.82) is 0 Å². The Hall–Kier alpha value is -0.770. The van der Waals surface area contributed by atoms with Gasteiger partial charge < -0.3 is 14.7 Å². The van der Waals surface area contributed by atoms with Crippen LogP contribution in [0.15, 0.2) is 0 Å². The van der Waals surface area contributed by atoms with Gasteiger partial charge in [-0.05, 0) is 40.0 Å². The van der Waals surface area contributed by atoms with Gasteiger partial charge in [-0.2, -0.15) is 0 Å². The van der Waals surface area contributed by atoms with Crippen LogP contribution in [-0.4, -0.2) is 40.9 Å². The fourth-order valence-electron chi connectivity index (χ4n) is 3.35. The summed E-state index contributed by atoms with van der Waals surface area (Å²) in [5, 5.41) is 9.04. The highest BCUT2D eigenvalue weighted by Crippen LogP contribution is 2.47. The number of nitrogens with zero attached hydrogens (tertiary/aromatic N) is 1. The molecule has 4 nitrogen and oxygen atoms in total. The zero-order valence-electron chi connectivity index (χ0n) is 10.3. The van der Waals surface area contributed by atoms with Crippen LogP contribution in [0.5, 0.6) is 0 Å². The molecule has 0 unspecified atom stereocenters. The molecule has 0 aromatic heterocycles. The Labute approximate surface area is 96.6 Å². The fraction of sp³-hybridized carbons (Fsp3) is 0.917. The third-order valence-corrected chi connectivity index (χ3v) is 3.96. The number of hydrogen-bond donors (Lipinski definition) is 1. The van der Waals surface area contributed by atoms with Gasteiger partial charge in [0.15, 0.2) is 0 Å². The van der Waals surface area contributed by atoms with Gasteiger partial charge in [0.05, 0.1) is 12.2 Å². The summed E-state index contributed by atoms with van der Waals surface area (Å²) in [7, 11) is 0. The van der Waals surface area contributed by atoms with E-state index < -0.39 is 6.09 Å². The highest BCUT2D eigenvalue weighted by molar-refractivity contribution is 5.65. The predicted octanol–water partition coefficient (Wildman–Crippen LogP) is 2.33. The second kappa shape index (κ2) is 3.62. The third kappa shape index (κ3) is 2.03. The highest BCUT2D eigenvalue weighted by atomic mass is 16.5. The molecule has 92 valence electrons. The first-order valence-electron chi connectivity index (χ1n) is 5.97. The summed E-state index contributed by atoms with van der Waals surface area (Å²) in [6, 6.07) is 0.115. The van der Waals surface area contributed by atoms with E-state index in [4.69, 9.17) is 9.84 Å². The van der Waals surface area contributed by atoms with Crippen LogP contribution in [0.4, 0.5) is 4.79 Å². The molecule has 1 N–H and O–H groups in total. The summed E-state index contributed by atoms with van der Waals surface area (Å²) in [6.45, 7) is 7.68. The Balaban J connectivity index is 2.05. The Morgan fingerprint density at radius 3 is 2.62 bits per heavy atom. The SMILES string of the molecule is C[C@@H]1C[C@@]2(CCN1C(=O)O)COC(C)(C)C2. The number of amides is 1. The van der Waals surface area contributed by atoms with Crippen molar-refractivity contribution in [3.63, 3.8) is 0 Å². The van der Waals surface area contributed by atoms with Crippen LogP contribution in [0.25, 0.3) is 0 Å². The molecule has 2 rings (SSSR count). The zero-order chi connectivity index (χ0) is 12.0. The summed E-state index contributed by atoms with van der Waals surface area (Å²) < 4.78 is 5.81. The maximum absolute atomic E-state index is 11.0. The molecular formula is C12H21NO3. The van der Waals surface area contributed by atoms with Crippen molar-refractivity contribution < 1.29 is 14.6 Å². The molecule has 2 heterocycles. The molecule has 2 atom stereocenters. The van der Waals surface area contributed by atoms with E-state index in [-0.39, 0.29) is 17.1 Å². The molecule has 0 radical (unpaired) electrons. The van der Waals surface area contributed by atoms with E-state index >= 15 is 0 Å². The predicted molar refractivity (Wildman–Crippen MR) is 60.5 cm³/mol. The number of carboxylic acid groups (broad SMARTS) is 1. The number of carbonyl (C=O) groups is 1. The van der Waals surface area contributed by atoms with Crippen molar-refractivity contribution in [3.05, 3.63) is 0 Å². The molecule has 2 saturated heterocycles. The van der Waals surface area contributed by atoms with Gasteiger partial charge in [0.2, 0.25) is 0 Å². The van der Waals surface area contributed by atoms with E-state index in [9.17, 15) is 4.79 Å². The molecule has 0 bridgehead atoms. The minimum absolute atomic E-state index is 0.0366. The molecule has 16 heavy (non-hydrogen) atoms. The summed E-state index contributed by atoms with van der Waals surface area (Å²) in [6.07, 6.45) is 2.13. The van der Waals surface area contributed by atoms with Crippen molar-refractivity contribution in [2.45, 2.75) is 51.7 Å². The third-order valence-electron chi connectivity index (χ3n) is 3.96. The second-order valence-electron chi connectivity index (χ2n) is 6.00. The largest absolute Gasteiger partial charge is 0.465 e. The normalized spacial score (nSPS) is 37.9. The maximum Gasteiger partial charge on any atom is 0.407 e. The van der Waals surface area contributed by atoms with Gasteiger partial charge in [-0.25, -0.2) is 4.79 Å². The number of ether oxygens (including phenoxy) is 1. The molecule has 0 aromatic carbocycles. The van der Waals surface area contributed by atoms with E-state index in [1.807, 2.05) is 6.92 Å². The van der Waals surface area contributed by atoms with Crippen LogP contribution in [0, 0.1) is 5.41 Å². The highest BCUT2D eigenvalue weighted by Gasteiger charge is 2.48. The quantitative estimate of drug-likeness (QED) is 0.691. The Morgan fingerprint density at radius 1 is 1.50 bits per heavy atom.